The molecule has 3 amide bonds. The summed E-state index contributed by atoms with van der Waals surface area (Å²) in [7, 11) is 4.92. The molecule has 0 bridgehead atoms. The number of ether oxygens (including phenoxy) is 1. The zero-order chi connectivity index (χ0) is 21.0. The minimum absolute atomic E-state index is 0.108. The summed E-state index contributed by atoms with van der Waals surface area (Å²) in [4.78, 5) is 41.0. The van der Waals surface area contributed by atoms with Crippen LogP contribution in [0.25, 0.3) is 0 Å². The van der Waals surface area contributed by atoms with Crippen molar-refractivity contribution >= 4 is 40.2 Å². The SMILES string of the molecule is COc1cccc(N2CC(C(=O)Nc3ccccc3SC(=O)N(C)C)CC2=O)c1. The number of carbonyl (C=O) groups is 3. The highest BCUT2D eigenvalue weighted by Crippen LogP contribution is 2.31. The average Bonchev–Trinajstić information content (AvgIpc) is 3.11. The highest BCUT2D eigenvalue weighted by atomic mass is 32.2. The number of hydrogen-bond donors (Lipinski definition) is 1. The number of methoxy groups -OCH3 is 1. The number of carbonyl (C=O) groups excluding carboxylic acids is 3. The quantitative estimate of drug-likeness (QED) is 0.760. The van der Waals surface area contributed by atoms with Crippen LogP contribution in [-0.2, 0) is 9.59 Å². The van der Waals surface area contributed by atoms with Crippen LogP contribution < -0.4 is 15.0 Å². The zero-order valence-electron chi connectivity index (χ0n) is 16.5. The summed E-state index contributed by atoms with van der Waals surface area (Å²) in [6, 6.07) is 14.3. The van der Waals surface area contributed by atoms with Gasteiger partial charge in [-0.1, -0.05) is 18.2 Å². The molecule has 0 aromatic heterocycles. The molecule has 1 aliphatic heterocycles. The summed E-state index contributed by atoms with van der Waals surface area (Å²) in [6.07, 6.45) is 0.134. The third-order valence-electron chi connectivity index (χ3n) is 4.57. The first kappa shape index (κ1) is 20.7. The van der Waals surface area contributed by atoms with Crippen molar-refractivity contribution in [3.63, 3.8) is 0 Å². The van der Waals surface area contributed by atoms with Gasteiger partial charge in [0, 0.05) is 43.7 Å². The van der Waals surface area contributed by atoms with Gasteiger partial charge in [-0.25, -0.2) is 0 Å². The second-order valence-corrected chi connectivity index (χ2v) is 7.85. The first-order chi connectivity index (χ1) is 13.9. The van der Waals surface area contributed by atoms with Gasteiger partial charge in [-0.3, -0.25) is 14.4 Å². The number of benzene rings is 2. The Labute approximate surface area is 174 Å². The molecule has 152 valence electrons. The Hall–Kier alpha value is -3.00. The van der Waals surface area contributed by atoms with Crippen LogP contribution in [0.2, 0.25) is 0 Å². The normalized spacial score (nSPS) is 15.9. The predicted molar refractivity (Wildman–Crippen MR) is 113 cm³/mol. The molecule has 2 aromatic carbocycles. The number of nitrogens with one attached hydrogen (secondary N) is 1. The Morgan fingerprint density at radius 2 is 1.93 bits per heavy atom. The molecule has 8 heteroatoms. The third-order valence-corrected chi connectivity index (χ3v) is 5.68. The molecule has 0 aliphatic carbocycles. The average molecular weight is 413 g/mol. The second-order valence-electron chi connectivity index (χ2n) is 6.85. The van der Waals surface area contributed by atoms with Crippen molar-refractivity contribution in [1.29, 1.82) is 0 Å². The van der Waals surface area contributed by atoms with Crippen LogP contribution in [0.1, 0.15) is 6.42 Å². The largest absolute Gasteiger partial charge is 0.497 e. The fourth-order valence-electron chi connectivity index (χ4n) is 2.99. The van der Waals surface area contributed by atoms with E-state index in [2.05, 4.69) is 5.32 Å². The highest BCUT2D eigenvalue weighted by Gasteiger charge is 2.35. The molecule has 1 heterocycles. The van der Waals surface area contributed by atoms with Gasteiger partial charge in [0.1, 0.15) is 5.75 Å². The molecule has 1 fully saturated rings. The minimum Gasteiger partial charge on any atom is -0.497 e. The smallest absolute Gasteiger partial charge is 0.286 e. The van der Waals surface area contributed by atoms with Gasteiger partial charge in [0.05, 0.1) is 18.7 Å². The summed E-state index contributed by atoms with van der Waals surface area (Å²) in [5.74, 6) is -0.172. The van der Waals surface area contributed by atoms with Gasteiger partial charge < -0.3 is 19.9 Å². The third kappa shape index (κ3) is 4.89. The van der Waals surface area contributed by atoms with Gasteiger partial charge in [-0.2, -0.15) is 0 Å². The predicted octanol–water partition coefficient (Wildman–Crippen LogP) is 3.46. The van der Waals surface area contributed by atoms with Gasteiger partial charge in [-0.15, -0.1) is 0 Å². The molecule has 2 aromatic rings. The van der Waals surface area contributed by atoms with Gasteiger partial charge in [0.15, 0.2) is 0 Å². The zero-order valence-corrected chi connectivity index (χ0v) is 17.4. The molecule has 0 saturated carbocycles. The molecular weight excluding hydrogens is 390 g/mol. The number of amides is 3. The molecule has 1 N–H and O–H groups in total. The second kappa shape index (κ2) is 9.00. The fourth-order valence-corrected chi connectivity index (χ4v) is 3.74. The van der Waals surface area contributed by atoms with Crippen LogP contribution in [0.15, 0.2) is 53.4 Å². The van der Waals surface area contributed by atoms with Gasteiger partial charge >= 0.3 is 0 Å². The van der Waals surface area contributed by atoms with E-state index < -0.39 is 5.92 Å². The number of para-hydroxylation sites is 1. The highest BCUT2D eigenvalue weighted by molar-refractivity contribution is 8.13. The standard InChI is InChI=1S/C21H23N3O4S/c1-23(2)21(27)29-18-10-5-4-9-17(18)22-20(26)14-11-19(25)24(13-14)15-7-6-8-16(12-15)28-3/h4-10,12,14H,11,13H2,1-3H3,(H,22,26). The van der Waals surface area contributed by atoms with Crippen molar-refractivity contribution in [2.24, 2.45) is 5.92 Å². The van der Waals surface area contributed by atoms with E-state index in [4.69, 9.17) is 4.74 Å². The molecule has 1 aliphatic rings. The lowest BCUT2D eigenvalue weighted by Crippen LogP contribution is -2.28. The Morgan fingerprint density at radius 1 is 1.17 bits per heavy atom. The van der Waals surface area contributed by atoms with E-state index in [0.717, 1.165) is 11.8 Å². The van der Waals surface area contributed by atoms with Crippen LogP contribution in [0, 0.1) is 5.92 Å². The lowest BCUT2D eigenvalue weighted by molar-refractivity contribution is -0.122. The number of hydrogen-bond acceptors (Lipinski definition) is 5. The molecule has 1 unspecified atom stereocenters. The van der Waals surface area contributed by atoms with Crippen LogP contribution >= 0.6 is 11.8 Å². The van der Waals surface area contributed by atoms with Crippen molar-refractivity contribution in [2.45, 2.75) is 11.3 Å². The first-order valence-electron chi connectivity index (χ1n) is 9.12. The number of rotatable bonds is 5. The topological polar surface area (TPSA) is 79.0 Å². The lowest BCUT2D eigenvalue weighted by atomic mass is 10.1. The molecule has 29 heavy (non-hydrogen) atoms. The Morgan fingerprint density at radius 3 is 2.66 bits per heavy atom. The Bertz CT molecular complexity index is 932. The van der Waals surface area contributed by atoms with Gasteiger partial charge in [0.2, 0.25) is 11.8 Å². The van der Waals surface area contributed by atoms with Crippen LogP contribution in [0.3, 0.4) is 0 Å². The van der Waals surface area contributed by atoms with E-state index in [-0.39, 0.29) is 23.5 Å². The fraction of sp³-hybridized carbons (Fsp3) is 0.286. The van der Waals surface area contributed by atoms with Gasteiger partial charge in [0.25, 0.3) is 5.24 Å². The van der Waals surface area contributed by atoms with Gasteiger partial charge in [-0.05, 0) is 36.0 Å². The lowest BCUT2D eigenvalue weighted by Gasteiger charge is -2.18. The Balaban J connectivity index is 1.71. The van der Waals surface area contributed by atoms with Crippen molar-refractivity contribution in [2.75, 3.05) is 38.0 Å². The maximum absolute atomic E-state index is 12.8. The van der Waals surface area contributed by atoms with Crippen LogP contribution in [0.4, 0.5) is 16.2 Å². The molecule has 7 nitrogen and oxygen atoms in total. The van der Waals surface area contributed by atoms with E-state index >= 15 is 0 Å². The summed E-state index contributed by atoms with van der Waals surface area (Å²) in [6.45, 7) is 0.295. The molecule has 0 spiro atoms. The molecule has 1 atom stereocenters. The van der Waals surface area contributed by atoms with Crippen molar-refractivity contribution in [1.82, 2.24) is 4.90 Å². The minimum atomic E-state index is -0.476. The van der Waals surface area contributed by atoms with Crippen molar-refractivity contribution in [3.8, 4) is 5.75 Å². The maximum atomic E-state index is 12.8. The van der Waals surface area contributed by atoms with E-state index in [1.165, 1.54) is 4.90 Å². The summed E-state index contributed by atoms with van der Waals surface area (Å²) >= 11 is 1.05. The van der Waals surface area contributed by atoms with Crippen molar-refractivity contribution in [3.05, 3.63) is 48.5 Å². The summed E-state index contributed by atoms with van der Waals surface area (Å²) < 4.78 is 5.21. The number of nitrogens with zero attached hydrogens (tertiary/aromatic N) is 2. The first-order valence-corrected chi connectivity index (χ1v) is 9.94. The van der Waals surface area contributed by atoms with Crippen molar-refractivity contribution < 1.29 is 19.1 Å². The molecule has 3 rings (SSSR count). The number of thioether (sulfide) groups is 1. The monoisotopic (exact) mass is 413 g/mol. The van der Waals surface area contributed by atoms with E-state index in [1.807, 2.05) is 18.2 Å². The van der Waals surface area contributed by atoms with Crippen LogP contribution in [-0.4, -0.2) is 49.7 Å². The van der Waals surface area contributed by atoms with Crippen LogP contribution in [0.5, 0.6) is 5.75 Å². The Kier molecular flexibility index (Phi) is 6.43. The summed E-state index contributed by atoms with van der Waals surface area (Å²) in [5, 5.41) is 2.75. The molecular formula is C21H23N3O4S. The summed E-state index contributed by atoms with van der Waals surface area (Å²) in [5.41, 5.74) is 1.27. The van der Waals surface area contributed by atoms with E-state index in [1.54, 1.807) is 56.4 Å². The number of anilines is 2. The molecule has 0 radical (unpaired) electrons. The van der Waals surface area contributed by atoms with E-state index in [0.29, 0.717) is 28.6 Å². The van der Waals surface area contributed by atoms with E-state index in [9.17, 15) is 14.4 Å². The molecule has 1 saturated heterocycles. The maximum Gasteiger partial charge on any atom is 0.286 e.